The van der Waals surface area contributed by atoms with Crippen LogP contribution in [0.3, 0.4) is 0 Å². The number of aliphatic hydroxyl groups excluding tert-OH is 1. The number of para-hydroxylation sites is 1. The molecule has 108 valence electrons. The second kappa shape index (κ2) is 5.46. The van der Waals surface area contributed by atoms with E-state index in [0.29, 0.717) is 5.58 Å². The molecular weight excluding hydrogens is 268 g/mol. The van der Waals surface area contributed by atoms with Crippen LogP contribution in [0.4, 0.5) is 0 Å². The van der Waals surface area contributed by atoms with Crippen LogP contribution in [0, 0.1) is 0 Å². The summed E-state index contributed by atoms with van der Waals surface area (Å²) in [6.45, 7) is 0.133. The van der Waals surface area contributed by atoms with Gasteiger partial charge in [-0.15, -0.1) is 0 Å². The number of hydrogen-bond donors (Lipinski definition) is 2. The summed E-state index contributed by atoms with van der Waals surface area (Å²) in [5, 5.41) is 13.6. The van der Waals surface area contributed by atoms with E-state index >= 15 is 0 Å². The van der Waals surface area contributed by atoms with E-state index < -0.39 is 6.10 Å². The van der Waals surface area contributed by atoms with Crippen LogP contribution in [-0.4, -0.2) is 22.1 Å². The van der Waals surface area contributed by atoms with Crippen molar-refractivity contribution in [3.8, 4) is 0 Å². The Morgan fingerprint density at radius 3 is 2.86 bits per heavy atom. The molecule has 21 heavy (non-hydrogen) atoms. The Kier molecular flexibility index (Phi) is 3.50. The first-order chi connectivity index (χ1) is 10.1. The molecule has 0 unspecified atom stereocenters. The van der Waals surface area contributed by atoms with Crippen LogP contribution in [-0.2, 0) is 7.05 Å². The Hall–Kier alpha value is -2.53. The van der Waals surface area contributed by atoms with E-state index in [1.54, 1.807) is 6.07 Å². The molecule has 0 radical (unpaired) electrons. The van der Waals surface area contributed by atoms with Gasteiger partial charge in [-0.1, -0.05) is 18.2 Å². The third-order valence-corrected chi connectivity index (χ3v) is 3.43. The minimum Gasteiger partial charge on any atom is -0.451 e. The van der Waals surface area contributed by atoms with Crippen molar-refractivity contribution in [1.82, 2.24) is 9.88 Å². The molecule has 1 aromatic carbocycles. The number of benzene rings is 1. The lowest BCUT2D eigenvalue weighted by atomic mass is 10.2. The number of fused-ring (bicyclic) bond motifs is 1. The molecule has 3 rings (SSSR count). The molecule has 0 aliphatic heterocycles. The van der Waals surface area contributed by atoms with Crippen molar-refractivity contribution in [3.05, 3.63) is 60.1 Å². The zero-order valence-electron chi connectivity index (χ0n) is 11.6. The van der Waals surface area contributed by atoms with Gasteiger partial charge in [0.05, 0.1) is 0 Å². The number of aliphatic hydroxyl groups is 1. The fourth-order valence-corrected chi connectivity index (χ4v) is 2.30. The number of rotatable bonds is 4. The number of amides is 1. The molecule has 0 fully saturated rings. The summed E-state index contributed by atoms with van der Waals surface area (Å²) in [5.41, 5.74) is 1.42. The summed E-state index contributed by atoms with van der Waals surface area (Å²) < 4.78 is 7.30. The SMILES string of the molecule is Cn1cccc1[C@H](O)CNC(=O)c1cc2ccccc2o1. The molecule has 0 saturated carbocycles. The number of aromatic nitrogens is 1. The smallest absolute Gasteiger partial charge is 0.287 e. The second-order valence-corrected chi connectivity index (χ2v) is 4.92. The lowest BCUT2D eigenvalue weighted by Gasteiger charge is -2.12. The van der Waals surface area contributed by atoms with Crippen LogP contribution in [0.2, 0.25) is 0 Å². The first kappa shape index (κ1) is 13.5. The predicted octanol–water partition coefficient (Wildman–Crippen LogP) is 2.23. The number of hydrogen-bond acceptors (Lipinski definition) is 3. The monoisotopic (exact) mass is 284 g/mol. The molecular formula is C16H16N2O3. The first-order valence-corrected chi connectivity index (χ1v) is 6.71. The predicted molar refractivity (Wildman–Crippen MR) is 78.9 cm³/mol. The Balaban J connectivity index is 1.67. The maximum Gasteiger partial charge on any atom is 0.287 e. The highest BCUT2D eigenvalue weighted by atomic mass is 16.3. The number of aryl methyl sites for hydroxylation is 1. The Labute approximate surface area is 121 Å². The van der Waals surface area contributed by atoms with E-state index in [0.717, 1.165) is 11.1 Å². The molecule has 0 aliphatic carbocycles. The van der Waals surface area contributed by atoms with E-state index in [1.807, 2.05) is 54.2 Å². The van der Waals surface area contributed by atoms with Crippen molar-refractivity contribution in [1.29, 1.82) is 0 Å². The minimum atomic E-state index is -0.752. The molecule has 0 saturated heterocycles. The lowest BCUT2D eigenvalue weighted by molar-refractivity contribution is 0.0887. The summed E-state index contributed by atoms with van der Waals surface area (Å²) >= 11 is 0. The largest absolute Gasteiger partial charge is 0.451 e. The van der Waals surface area contributed by atoms with Crippen LogP contribution in [0.5, 0.6) is 0 Å². The summed E-state index contributed by atoms with van der Waals surface area (Å²) in [4.78, 5) is 12.1. The molecule has 0 spiro atoms. The molecule has 0 aliphatic rings. The highest BCUT2D eigenvalue weighted by Crippen LogP contribution is 2.19. The number of furan rings is 1. The number of carbonyl (C=O) groups is 1. The molecule has 5 heteroatoms. The Morgan fingerprint density at radius 2 is 2.14 bits per heavy atom. The average Bonchev–Trinajstić information content (AvgIpc) is 3.10. The van der Waals surface area contributed by atoms with Crippen LogP contribution in [0.15, 0.2) is 53.1 Å². The van der Waals surface area contributed by atoms with E-state index in [-0.39, 0.29) is 18.2 Å². The molecule has 0 bridgehead atoms. The van der Waals surface area contributed by atoms with Gasteiger partial charge in [0.15, 0.2) is 5.76 Å². The number of nitrogens with zero attached hydrogens (tertiary/aromatic N) is 1. The zero-order valence-corrected chi connectivity index (χ0v) is 11.6. The van der Waals surface area contributed by atoms with Gasteiger partial charge in [-0.25, -0.2) is 0 Å². The molecule has 2 heterocycles. The van der Waals surface area contributed by atoms with Crippen LogP contribution < -0.4 is 5.32 Å². The van der Waals surface area contributed by atoms with Crippen molar-refractivity contribution in [2.45, 2.75) is 6.10 Å². The lowest BCUT2D eigenvalue weighted by Crippen LogP contribution is -2.28. The van der Waals surface area contributed by atoms with E-state index in [9.17, 15) is 9.90 Å². The van der Waals surface area contributed by atoms with Crippen molar-refractivity contribution < 1.29 is 14.3 Å². The maximum absolute atomic E-state index is 12.1. The van der Waals surface area contributed by atoms with Crippen molar-refractivity contribution in [3.63, 3.8) is 0 Å². The van der Waals surface area contributed by atoms with Crippen LogP contribution in [0.25, 0.3) is 11.0 Å². The van der Waals surface area contributed by atoms with Crippen LogP contribution in [0.1, 0.15) is 22.4 Å². The number of carbonyl (C=O) groups excluding carboxylic acids is 1. The van der Waals surface area contributed by atoms with E-state index in [1.165, 1.54) is 0 Å². The molecule has 2 N–H and O–H groups in total. The third kappa shape index (κ3) is 2.68. The summed E-state index contributed by atoms with van der Waals surface area (Å²) in [6.07, 6.45) is 1.10. The fraction of sp³-hybridized carbons (Fsp3) is 0.188. The van der Waals surface area contributed by atoms with Gasteiger partial charge in [0.25, 0.3) is 5.91 Å². The quantitative estimate of drug-likeness (QED) is 0.772. The van der Waals surface area contributed by atoms with Crippen LogP contribution >= 0.6 is 0 Å². The summed E-state index contributed by atoms with van der Waals surface area (Å²) in [5.74, 6) is -0.0882. The minimum absolute atomic E-state index is 0.133. The van der Waals surface area contributed by atoms with E-state index in [4.69, 9.17) is 4.42 Å². The van der Waals surface area contributed by atoms with Gasteiger partial charge in [0.1, 0.15) is 11.7 Å². The van der Waals surface area contributed by atoms with Gasteiger partial charge in [-0.2, -0.15) is 0 Å². The van der Waals surface area contributed by atoms with Crippen molar-refractivity contribution in [2.24, 2.45) is 7.05 Å². The van der Waals surface area contributed by atoms with Gasteiger partial charge >= 0.3 is 0 Å². The summed E-state index contributed by atoms with van der Waals surface area (Å²) in [7, 11) is 1.85. The maximum atomic E-state index is 12.1. The van der Waals surface area contributed by atoms with Crippen molar-refractivity contribution in [2.75, 3.05) is 6.54 Å². The summed E-state index contributed by atoms with van der Waals surface area (Å²) in [6, 6.07) is 12.8. The highest BCUT2D eigenvalue weighted by Gasteiger charge is 2.15. The standard InChI is InChI=1S/C16H16N2O3/c1-18-8-4-6-12(18)13(19)10-17-16(20)15-9-11-5-2-3-7-14(11)21-15/h2-9,13,19H,10H2,1H3,(H,17,20)/t13-/m1/s1. The average molecular weight is 284 g/mol. The fourth-order valence-electron chi connectivity index (χ4n) is 2.30. The molecule has 5 nitrogen and oxygen atoms in total. The molecule has 2 aromatic heterocycles. The van der Waals surface area contributed by atoms with Gasteiger partial charge in [0, 0.05) is 30.9 Å². The molecule has 3 aromatic rings. The molecule has 1 atom stereocenters. The van der Waals surface area contributed by atoms with Crippen molar-refractivity contribution >= 4 is 16.9 Å². The van der Waals surface area contributed by atoms with Gasteiger partial charge < -0.3 is 19.4 Å². The third-order valence-electron chi connectivity index (χ3n) is 3.43. The second-order valence-electron chi connectivity index (χ2n) is 4.92. The number of nitrogens with one attached hydrogen (secondary N) is 1. The Bertz CT molecular complexity index is 740. The van der Waals surface area contributed by atoms with Gasteiger partial charge in [-0.3, -0.25) is 4.79 Å². The van der Waals surface area contributed by atoms with Gasteiger partial charge in [-0.05, 0) is 24.3 Å². The Morgan fingerprint density at radius 1 is 1.33 bits per heavy atom. The highest BCUT2D eigenvalue weighted by molar-refractivity contribution is 5.96. The zero-order chi connectivity index (χ0) is 14.8. The van der Waals surface area contributed by atoms with E-state index in [2.05, 4.69) is 5.32 Å². The normalized spacial score (nSPS) is 12.5. The topological polar surface area (TPSA) is 67.4 Å². The van der Waals surface area contributed by atoms with Gasteiger partial charge in [0.2, 0.25) is 0 Å². The molecule has 1 amide bonds. The first-order valence-electron chi connectivity index (χ1n) is 6.71.